The van der Waals surface area contributed by atoms with E-state index in [1.807, 2.05) is 0 Å². The lowest BCUT2D eigenvalue weighted by Crippen LogP contribution is -2.58. The van der Waals surface area contributed by atoms with Crippen molar-refractivity contribution in [3.8, 4) is 0 Å². The first kappa shape index (κ1) is 27.5. The van der Waals surface area contributed by atoms with E-state index in [1.165, 1.54) is 12.8 Å². The number of anilines is 1. The van der Waals surface area contributed by atoms with E-state index in [9.17, 15) is 14.4 Å². The SMILES string of the molecule is CC(C)(N)C(=O)N1CCN(C(=O)Nc2ccn(C3CCC(CNC4CCC(N)CC4)CC3)c(=O)n2)CC1. The van der Waals surface area contributed by atoms with Crippen molar-refractivity contribution in [2.75, 3.05) is 38.0 Å². The van der Waals surface area contributed by atoms with Crippen LogP contribution in [-0.2, 0) is 4.79 Å². The van der Waals surface area contributed by atoms with E-state index in [0.29, 0.717) is 44.2 Å². The number of carbonyl (C=O) groups is 2. The third-order valence-corrected chi connectivity index (χ3v) is 8.15. The van der Waals surface area contributed by atoms with Gasteiger partial charge in [-0.3, -0.25) is 14.7 Å². The standard InChI is InChI=1S/C26H44N8O3/c1-26(2,28)23(35)32-13-15-33(16-14-32)24(36)30-22-11-12-34(25(37)31-22)21-9-3-18(4-10-21)17-29-20-7-5-19(27)6-8-20/h11-12,18-21,29H,3-10,13-17,27-28H2,1-2H3,(H,30,31,36,37). The summed E-state index contributed by atoms with van der Waals surface area (Å²) in [5, 5.41) is 6.47. The van der Waals surface area contributed by atoms with Crippen LogP contribution in [0.3, 0.4) is 0 Å². The lowest BCUT2D eigenvalue weighted by Gasteiger charge is -2.37. The Labute approximate surface area is 219 Å². The Balaban J connectivity index is 1.22. The Hall–Kier alpha value is -2.50. The predicted octanol–water partition coefficient (Wildman–Crippen LogP) is 1.25. The molecule has 0 unspecified atom stereocenters. The molecule has 1 aromatic heterocycles. The summed E-state index contributed by atoms with van der Waals surface area (Å²) >= 11 is 0. The number of amides is 3. The number of nitrogens with one attached hydrogen (secondary N) is 2. The first-order valence-electron chi connectivity index (χ1n) is 13.8. The summed E-state index contributed by atoms with van der Waals surface area (Å²) in [7, 11) is 0. The minimum atomic E-state index is -0.932. The molecule has 1 saturated heterocycles. The van der Waals surface area contributed by atoms with Crippen LogP contribution in [0.5, 0.6) is 0 Å². The number of nitrogens with zero attached hydrogens (tertiary/aromatic N) is 4. The van der Waals surface area contributed by atoms with E-state index >= 15 is 0 Å². The van der Waals surface area contributed by atoms with Gasteiger partial charge in [0.25, 0.3) is 0 Å². The van der Waals surface area contributed by atoms with Crippen molar-refractivity contribution >= 4 is 17.8 Å². The van der Waals surface area contributed by atoms with E-state index in [-0.39, 0.29) is 29.5 Å². The number of rotatable bonds is 6. The Morgan fingerprint density at radius 2 is 1.62 bits per heavy atom. The van der Waals surface area contributed by atoms with E-state index < -0.39 is 5.54 Å². The van der Waals surface area contributed by atoms with E-state index in [4.69, 9.17) is 11.5 Å². The van der Waals surface area contributed by atoms with Gasteiger partial charge in [0, 0.05) is 50.5 Å². The van der Waals surface area contributed by atoms with Gasteiger partial charge in [-0.1, -0.05) is 0 Å². The second kappa shape index (κ2) is 11.9. The molecule has 2 heterocycles. The first-order chi connectivity index (χ1) is 17.6. The number of hydrogen-bond acceptors (Lipinski definition) is 7. The average molecular weight is 517 g/mol. The van der Waals surface area contributed by atoms with Crippen molar-refractivity contribution in [3.05, 3.63) is 22.7 Å². The molecule has 11 nitrogen and oxygen atoms in total. The Kier molecular flexibility index (Phi) is 8.86. The Morgan fingerprint density at radius 3 is 2.22 bits per heavy atom. The molecule has 37 heavy (non-hydrogen) atoms. The third kappa shape index (κ3) is 7.30. The van der Waals surface area contributed by atoms with Crippen LogP contribution >= 0.6 is 0 Å². The second-order valence-corrected chi connectivity index (χ2v) is 11.6. The van der Waals surface area contributed by atoms with Gasteiger partial charge in [0.2, 0.25) is 5.91 Å². The molecule has 0 radical (unpaired) electrons. The van der Waals surface area contributed by atoms with Gasteiger partial charge in [-0.2, -0.15) is 4.98 Å². The number of piperazine rings is 1. The Morgan fingerprint density at radius 1 is 1.00 bits per heavy atom. The molecule has 0 spiro atoms. The molecule has 4 rings (SSSR count). The van der Waals surface area contributed by atoms with Crippen molar-refractivity contribution in [2.24, 2.45) is 17.4 Å². The second-order valence-electron chi connectivity index (χ2n) is 11.6. The van der Waals surface area contributed by atoms with Crippen LogP contribution in [-0.4, -0.2) is 81.6 Å². The van der Waals surface area contributed by atoms with Crippen LogP contribution in [0.15, 0.2) is 17.1 Å². The third-order valence-electron chi connectivity index (χ3n) is 8.15. The number of nitrogens with two attached hydrogens (primary N) is 2. The summed E-state index contributed by atoms with van der Waals surface area (Å²) in [6, 6.07) is 2.48. The molecule has 3 amide bonds. The van der Waals surface area contributed by atoms with Crippen molar-refractivity contribution in [1.29, 1.82) is 0 Å². The summed E-state index contributed by atoms with van der Waals surface area (Å²) in [4.78, 5) is 45.2. The van der Waals surface area contributed by atoms with Gasteiger partial charge >= 0.3 is 11.7 Å². The maximum atomic E-state index is 12.8. The predicted molar refractivity (Wildman–Crippen MR) is 143 cm³/mol. The molecular weight excluding hydrogens is 472 g/mol. The quantitative estimate of drug-likeness (QED) is 0.444. The lowest BCUT2D eigenvalue weighted by molar-refractivity contribution is -0.137. The molecule has 0 aromatic carbocycles. The summed E-state index contributed by atoms with van der Waals surface area (Å²) < 4.78 is 1.71. The smallest absolute Gasteiger partial charge is 0.338 e. The Bertz CT molecular complexity index is 982. The van der Waals surface area contributed by atoms with Gasteiger partial charge in [-0.15, -0.1) is 0 Å². The fourth-order valence-corrected chi connectivity index (χ4v) is 5.75. The summed E-state index contributed by atoms with van der Waals surface area (Å²) in [6.07, 6.45) is 10.4. The van der Waals surface area contributed by atoms with Crippen molar-refractivity contribution in [3.63, 3.8) is 0 Å². The van der Waals surface area contributed by atoms with Gasteiger partial charge in [0.1, 0.15) is 5.82 Å². The van der Waals surface area contributed by atoms with Gasteiger partial charge in [-0.05, 0) is 83.7 Å². The maximum absolute atomic E-state index is 12.8. The van der Waals surface area contributed by atoms with E-state index in [2.05, 4.69) is 15.6 Å². The summed E-state index contributed by atoms with van der Waals surface area (Å²) in [5.74, 6) is 0.760. The fourth-order valence-electron chi connectivity index (χ4n) is 5.75. The van der Waals surface area contributed by atoms with Gasteiger partial charge in [0.05, 0.1) is 5.54 Å². The number of hydrogen-bond donors (Lipinski definition) is 4. The molecule has 0 atom stereocenters. The normalized spacial score (nSPS) is 27.1. The van der Waals surface area contributed by atoms with Crippen LogP contribution in [0.4, 0.5) is 10.6 Å². The van der Waals surface area contributed by atoms with Crippen LogP contribution in [0.2, 0.25) is 0 Å². The number of aromatic nitrogens is 2. The van der Waals surface area contributed by atoms with Crippen LogP contribution < -0.4 is 27.8 Å². The zero-order valence-electron chi connectivity index (χ0n) is 22.3. The van der Waals surface area contributed by atoms with E-state index in [1.54, 1.807) is 40.5 Å². The van der Waals surface area contributed by atoms with Gasteiger partial charge in [0.15, 0.2) is 0 Å². The summed E-state index contributed by atoms with van der Waals surface area (Å²) in [6.45, 7) is 6.05. The zero-order chi connectivity index (χ0) is 26.6. The molecule has 1 aliphatic heterocycles. The molecule has 2 aliphatic carbocycles. The highest BCUT2D eigenvalue weighted by molar-refractivity contribution is 5.89. The topological polar surface area (TPSA) is 152 Å². The highest BCUT2D eigenvalue weighted by atomic mass is 16.2. The number of carbonyl (C=O) groups excluding carboxylic acids is 2. The molecule has 2 saturated carbocycles. The van der Waals surface area contributed by atoms with Crippen LogP contribution in [0.25, 0.3) is 0 Å². The minimum Gasteiger partial charge on any atom is -0.338 e. The molecule has 1 aromatic rings. The molecule has 6 N–H and O–H groups in total. The minimum absolute atomic E-state index is 0.127. The van der Waals surface area contributed by atoms with Crippen LogP contribution in [0, 0.1) is 5.92 Å². The molecule has 3 aliphatic rings. The molecule has 11 heteroatoms. The molecule has 0 bridgehead atoms. The van der Waals surface area contributed by atoms with Crippen LogP contribution in [0.1, 0.15) is 71.3 Å². The van der Waals surface area contributed by atoms with Gasteiger partial charge < -0.3 is 26.6 Å². The highest BCUT2D eigenvalue weighted by Gasteiger charge is 2.31. The molecule has 206 valence electrons. The largest absolute Gasteiger partial charge is 0.349 e. The molecule has 3 fully saturated rings. The maximum Gasteiger partial charge on any atom is 0.349 e. The summed E-state index contributed by atoms with van der Waals surface area (Å²) in [5.41, 5.74) is 10.7. The van der Waals surface area contributed by atoms with E-state index in [0.717, 1.165) is 45.1 Å². The highest BCUT2D eigenvalue weighted by Crippen LogP contribution is 2.31. The monoisotopic (exact) mass is 516 g/mol. The van der Waals surface area contributed by atoms with Crippen molar-refractivity contribution in [1.82, 2.24) is 24.7 Å². The first-order valence-corrected chi connectivity index (χ1v) is 13.8. The fraction of sp³-hybridized carbons (Fsp3) is 0.769. The number of urea groups is 1. The van der Waals surface area contributed by atoms with Gasteiger partial charge in [-0.25, -0.2) is 9.59 Å². The average Bonchev–Trinajstić information content (AvgIpc) is 2.88. The molecular formula is C26H44N8O3. The zero-order valence-corrected chi connectivity index (χ0v) is 22.3. The lowest BCUT2D eigenvalue weighted by atomic mass is 9.85. The van der Waals surface area contributed by atoms with Crippen molar-refractivity contribution in [2.45, 2.75) is 88.9 Å². The van der Waals surface area contributed by atoms with Crippen molar-refractivity contribution < 1.29 is 9.59 Å².